The second-order valence-corrected chi connectivity index (χ2v) is 9.07. The number of benzene rings is 1. The number of hydrogen-bond acceptors (Lipinski definition) is 3. The van der Waals surface area contributed by atoms with E-state index in [0.29, 0.717) is 30.3 Å². The van der Waals surface area contributed by atoms with Gasteiger partial charge in [0.15, 0.2) is 0 Å². The molecule has 0 saturated carbocycles. The van der Waals surface area contributed by atoms with E-state index < -0.39 is 10.0 Å². The van der Waals surface area contributed by atoms with Crippen LogP contribution in [0.1, 0.15) is 32.7 Å². The molecule has 1 saturated heterocycles. The fourth-order valence-corrected chi connectivity index (χ4v) is 4.80. The first-order valence-corrected chi connectivity index (χ1v) is 10.5. The van der Waals surface area contributed by atoms with Crippen LogP contribution in [-0.4, -0.2) is 31.2 Å². The first-order valence-electron chi connectivity index (χ1n) is 8.90. The van der Waals surface area contributed by atoms with Crippen LogP contribution in [0.4, 0.5) is 11.4 Å². The summed E-state index contributed by atoms with van der Waals surface area (Å²) in [6.45, 7) is 4.70. The molecule has 0 aliphatic carbocycles. The zero-order valence-electron chi connectivity index (χ0n) is 15.1. The highest BCUT2D eigenvalue weighted by atomic mass is 32.2. The lowest BCUT2D eigenvalue weighted by Crippen LogP contribution is -2.27. The fourth-order valence-electron chi connectivity index (χ4n) is 3.23. The van der Waals surface area contributed by atoms with Crippen molar-refractivity contribution in [3.63, 3.8) is 0 Å². The molecule has 26 heavy (non-hydrogen) atoms. The number of rotatable bonds is 6. The van der Waals surface area contributed by atoms with Crippen molar-refractivity contribution in [2.75, 3.05) is 21.9 Å². The van der Waals surface area contributed by atoms with Crippen LogP contribution in [-0.2, 0) is 14.8 Å². The van der Waals surface area contributed by atoms with Crippen LogP contribution >= 0.6 is 0 Å². The number of nitrogens with zero attached hydrogens (tertiary/aromatic N) is 2. The minimum Gasteiger partial charge on any atom is -0.342 e. The molecule has 0 bridgehead atoms. The molecular formula is C19H25N3O3S. The summed E-state index contributed by atoms with van der Waals surface area (Å²) in [7, 11) is -3.19. The highest BCUT2D eigenvalue weighted by molar-refractivity contribution is 7.93. The monoisotopic (exact) mass is 375 g/mol. The normalized spacial score (nSPS) is 17.4. The molecule has 2 heterocycles. The Morgan fingerprint density at radius 3 is 2.35 bits per heavy atom. The highest BCUT2D eigenvalue weighted by Crippen LogP contribution is 2.26. The lowest BCUT2D eigenvalue weighted by molar-refractivity contribution is -0.119. The van der Waals surface area contributed by atoms with Gasteiger partial charge in [0.05, 0.1) is 11.4 Å². The lowest BCUT2D eigenvalue weighted by atomic mass is 10.0. The third kappa shape index (κ3) is 4.09. The lowest BCUT2D eigenvalue weighted by Gasteiger charge is -2.21. The van der Waals surface area contributed by atoms with E-state index in [4.69, 9.17) is 0 Å². The highest BCUT2D eigenvalue weighted by Gasteiger charge is 2.28. The maximum atomic E-state index is 12.8. The van der Waals surface area contributed by atoms with Gasteiger partial charge in [0.2, 0.25) is 15.9 Å². The Labute approximate surface area is 154 Å². The van der Waals surface area contributed by atoms with Crippen LogP contribution in [0.2, 0.25) is 0 Å². The van der Waals surface area contributed by atoms with Crippen molar-refractivity contribution in [3.05, 3.63) is 48.8 Å². The van der Waals surface area contributed by atoms with E-state index in [1.165, 1.54) is 4.31 Å². The summed E-state index contributed by atoms with van der Waals surface area (Å²) in [5.41, 5.74) is 1.31. The van der Waals surface area contributed by atoms with Crippen molar-refractivity contribution >= 4 is 27.3 Å². The topological polar surface area (TPSA) is 71.4 Å². The molecule has 1 aliphatic rings. The number of nitrogens with one attached hydrogen (secondary N) is 1. The second-order valence-electron chi connectivity index (χ2n) is 7.05. The number of carbonyl (C=O) groups excluding carboxylic acids is 1. The number of hydrogen-bond donors (Lipinski definition) is 1. The largest absolute Gasteiger partial charge is 0.342 e. The van der Waals surface area contributed by atoms with E-state index in [1.54, 1.807) is 24.3 Å². The minimum absolute atomic E-state index is 0.0727. The molecule has 0 spiro atoms. The number of aromatic nitrogens is 1. The van der Waals surface area contributed by atoms with Crippen molar-refractivity contribution in [2.45, 2.75) is 32.7 Å². The van der Waals surface area contributed by atoms with Crippen molar-refractivity contribution in [3.8, 4) is 0 Å². The Morgan fingerprint density at radius 2 is 1.81 bits per heavy atom. The Balaban J connectivity index is 1.72. The molecule has 0 unspecified atom stereocenters. The van der Waals surface area contributed by atoms with Crippen molar-refractivity contribution in [2.24, 2.45) is 5.92 Å². The first kappa shape index (κ1) is 18.5. The fraction of sp³-hybridized carbons (Fsp3) is 0.421. The van der Waals surface area contributed by atoms with E-state index in [-0.39, 0.29) is 17.7 Å². The van der Waals surface area contributed by atoms with Gasteiger partial charge in [0.1, 0.15) is 6.04 Å². The van der Waals surface area contributed by atoms with Gasteiger partial charge in [-0.05, 0) is 55.2 Å². The summed E-state index contributed by atoms with van der Waals surface area (Å²) in [5.74, 6) is 0.506. The van der Waals surface area contributed by atoms with Gasteiger partial charge in [-0.2, -0.15) is 0 Å². The Kier molecular flexibility index (Phi) is 5.36. The summed E-state index contributed by atoms with van der Waals surface area (Å²) in [6.07, 6.45) is 5.18. The first-order chi connectivity index (χ1) is 12.4. The average Bonchev–Trinajstić information content (AvgIpc) is 3.22. The predicted molar refractivity (Wildman–Crippen MR) is 104 cm³/mol. The van der Waals surface area contributed by atoms with Crippen molar-refractivity contribution in [1.82, 2.24) is 4.57 Å². The van der Waals surface area contributed by atoms with Crippen LogP contribution in [0.15, 0.2) is 48.8 Å². The molecule has 1 fully saturated rings. The van der Waals surface area contributed by atoms with Gasteiger partial charge in [0, 0.05) is 24.6 Å². The van der Waals surface area contributed by atoms with Crippen molar-refractivity contribution < 1.29 is 13.2 Å². The SMILES string of the molecule is CC(C)C[C@H](C(=O)Nc1ccc(N2CCCS2(=O)=O)cc1)n1cccc1. The van der Waals surface area contributed by atoms with Crippen molar-refractivity contribution in [1.29, 1.82) is 0 Å². The van der Waals surface area contributed by atoms with Gasteiger partial charge in [0.25, 0.3) is 0 Å². The second kappa shape index (κ2) is 7.53. The zero-order chi connectivity index (χ0) is 18.7. The van der Waals surface area contributed by atoms with Gasteiger partial charge in [-0.3, -0.25) is 9.10 Å². The maximum absolute atomic E-state index is 12.8. The smallest absolute Gasteiger partial charge is 0.247 e. The Bertz CT molecular complexity index is 843. The molecular weight excluding hydrogens is 350 g/mol. The zero-order valence-corrected chi connectivity index (χ0v) is 15.9. The molecule has 3 rings (SSSR count). The third-order valence-corrected chi connectivity index (χ3v) is 6.38. The molecule has 7 heteroatoms. The Morgan fingerprint density at radius 1 is 1.15 bits per heavy atom. The quantitative estimate of drug-likeness (QED) is 0.842. The maximum Gasteiger partial charge on any atom is 0.247 e. The summed E-state index contributed by atoms with van der Waals surface area (Å²) in [5, 5.41) is 2.95. The summed E-state index contributed by atoms with van der Waals surface area (Å²) in [4.78, 5) is 12.8. The van der Waals surface area contributed by atoms with E-state index >= 15 is 0 Å². The van der Waals surface area contributed by atoms with Crippen LogP contribution in [0.25, 0.3) is 0 Å². The molecule has 140 valence electrons. The van der Waals surface area contributed by atoms with E-state index in [9.17, 15) is 13.2 Å². The molecule has 1 atom stereocenters. The van der Waals surface area contributed by atoms with E-state index in [1.807, 2.05) is 29.1 Å². The van der Waals surface area contributed by atoms with Gasteiger partial charge >= 0.3 is 0 Å². The average molecular weight is 375 g/mol. The van der Waals surface area contributed by atoms with Gasteiger partial charge in [-0.25, -0.2) is 8.42 Å². The number of amides is 1. The van der Waals surface area contributed by atoms with Gasteiger partial charge in [-0.15, -0.1) is 0 Å². The standard InChI is InChI=1S/C19H25N3O3S/c1-15(2)14-18(21-10-3-4-11-21)19(23)20-16-6-8-17(9-7-16)22-12-5-13-26(22,24)25/h3-4,6-11,15,18H,5,12-14H2,1-2H3,(H,20,23)/t18-/m1/s1. The van der Waals surface area contributed by atoms with Crippen LogP contribution in [0.3, 0.4) is 0 Å². The molecule has 0 radical (unpaired) electrons. The third-order valence-electron chi connectivity index (χ3n) is 4.51. The number of sulfonamides is 1. The summed E-state index contributed by atoms with van der Waals surface area (Å²) < 4.78 is 27.4. The van der Waals surface area contributed by atoms with Crippen LogP contribution in [0.5, 0.6) is 0 Å². The van der Waals surface area contributed by atoms with Gasteiger partial charge < -0.3 is 9.88 Å². The number of carbonyl (C=O) groups is 1. The summed E-state index contributed by atoms with van der Waals surface area (Å²) in [6, 6.07) is 10.5. The molecule has 6 nitrogen and oxygen atoms in total. The van der Waals surface area contributed by atoms with Crippen LogP contribution < -0.4 is 9.62 Å². The van der Waals surface area contributed by atoms with Crippen LogP contribution in [0, 0.1) is 5.92 Å². The summed E-state index contributed by atoms with van der Waals surface area (Å²) >= 11 is 0. The minimum atomic E-state index is -3.19. The van der Waals surface area contributed by atoms with E-state index in [2.05, 4.69) is 19.2 Å². The van der Waals surface area contributed by atoms with E-state index in [0.717, 1.165) is 6.42 Å². The molecule has 1 aromatic heterocycles. The van der Waals surface area contributed by atoms with Gasteiger partial charge in [-0.1, -0.05) is 13.8 Å². The molecule has 1 N–H and O–H groups in total. The molecule has 1 aliphatic heterocycles. The molecule has 1 amide bonds. The molecule has 2 aromatic rings. The number of anilines is 2. The Hall–Kier alpha value is -2.28. The predicted octanol–water partition coefficient (Wildman–Crippen LogP) is 3.25. The molecule has 1 aromatic carbocycles.